The van der Waals surface area contributed by atoms with Crippen LogP contribution in [0.15, 0.2) is 96.0 Å². The molecule has 0 amide bonds. The maximum Gasteiger partial charge on any atom is 0.261 e. The molecule has 0 fully saturated rings. The quantitative estimate of drug-likeness (QED) is 0.325. The first-order valence-electron chi connectivity index (χ1n) is 11.2. The van der Waals surface area contributed by atoms with Crippen LogP contribution in [0.3, 0.4) is 0 Å². The Morgan fingerprint density at radius 1 is 0.774 bits per heavy atom. The number of hydrogen-bond donors (Lipinski definition) is 0. The van der Waals surface area contributed by atoms with Crippen molar-refractivity contribution in [3.05, 3.63) is 96.6 Å². The van der Waals surface area contributed by atoms with Crippen molar-refractivity contribution >= 4 is 24.9 Å². The van der Waals surface area contributed by atoms with E-state index in [4.69, 9.17) is 9.42 Å². The van der Waals surface area contributed by atoms with E-state index in [1.165, 1.54) is 15.9 Å². The van der Waals surface area contributed by atoms with Crippen LogP contribution >= 0.6 is 0 Å². The van der Waals surface area contributed by atoms with Crippen LogP contribution in [-0.4, -0.2) is 20.6 Å². The van der Waals surface area contributed by atoms with E-state index in [1.54, 1.807) is 0 Å². The number of benzene rings is 3. The molecule has 0 spiro atoms. The predicted molar refractivity (Wildman–Crippen MR) is 136 cm³/mol. The summed E-state index contributed by atoms with van der Waals surface area (Å²) in [5.41, 5.74) is 1.21. The average Bonchev–Trinajstić information content (AvgIpc) is 2.77. The SMILES string of the molecule is CC(C)[C@H](C=NCc1ccccc1)O[Si](c1ccccc1)(c1ccccc1)C(C)(C)C. The summed E-state index contributed by atoms with van der Waals surface area (Å²) in [6, 6.07) is 32.0. The second kappa shape index (κ2) is 10.2. The molecule has 0 aliphatic heterocycles. The molecule has 3 aromatic carbocycles. The molecule has 3 aromatic rings. The smallest absolute Gasteiger partial charge is 0.261 e. The van der Waals surface area contributed by atoms with E-state index in [9.17, 15) is 0 Å². The van der Waals surface area contributed by atoms with Gasteiger partial charge in [-0.15, -0.1) is 0 Å². The Labute approximate surface area is 189 Å². The zero-order chi connectivity index (χ0) is 22.3. The van der Waals surface area contributed by atoms with Crippen molar-refractivity contribution in [3.63, 3.8) is 0 Å². The van der Waals surface area contributed by atoms with Crippen LogP contribution in [0, 0.1) is 5.92 Å². The van der Waals surface area contributed by atoms with Gasteiger partial charge in [-0.2, -0.15) is 0 Å². The molecular weight excluding hydrogens is 394 g/mol. The second-order valence-electron chi connectivity index (χ2n) is 9.47. The Kier molecular flexibility index (Phi) is 7.63. The average molecular weight is 430 g/mol. The lowest BCUT2D eigenvalue weighted by Crippen LogP contribution is -2.68. The van der Waals surface area contributed by atoms with Crippen LogP contribution < -0.4 is 10.4 Å². The Bertz CT molecular complexity index is 907. The van der Waals surface area contributed by atoms with Gasteiger partial charge in [0.1, 0.15) is 0 Å². The van der Waals surface area contributed by atoms with Crippen molar-refractivity contribution in [1.82, 2.24) is 0 Å². The van der Waals surface area contributed by atoms with Crippen LogP contribution in [0.4, 0.5) is 0 Å². The predicted octanol–water partition coefficient (Wildman–Crippen LogP) is 5.86. The summed E-state index contributed by atoms with van der Waals surface area (Å²) >= 11 is 0. The molecule has 0 aliphatic rings. The normalized spacial score (nSPS) is 13.6. The molecule has 0 radical (unpaired) electrons. The lowest BCUT2D eigenvalue weighted by molar-refractivity contribution is 0.205. The highest BCUT2D eigenvalue weighted by Gasteiger charge is 2.51. The van der Waals surface area contributed by atoms with E-state index in [-0.39, 0.29) is 11.1 Å². The summed E-state index contributed by atoms with van der Waals surface area (Å²) in [5.74, 6) is 0.321. The fourth-order valence-electron chi connectivity index (χ4n) is 4.08. The van der Waals surface area contributed by atoms with Gasteiger partial charge >= 0.3 is 0 Å². The molecule has 2 nitrogen and oxygen atoms in total. The van der Waals surface area contributed by atoms with Crippen molar-refractivity contribution in [2.45, 2.75) is 52.3 Å². The molecule has 3 rings (SSSR count). The highest BCUT2D eigenvalue weighted by molar-refractivity contribution is 6.99. The van der Waals surface area contributed by atoms with Gasteiger partial charge in [0.2, 0.25) is 0 Å². The minimum absolute atomic E-state index is 0.0455. The van der Waals surface area contributed by atoms with E-state index in [0.29, 0.717) is 12.5 Å². The number of hydrogen-bond acceptors (Lipinski definition) is 2. The standard InChI is InChI=1S/C28H35NOSi/c1-23(2)27(22-29-21-24-15-9-6-10-16-24)30-31(28(3,4)5,25-17-11-7-12-18-25)26-19-13-8-14-20-26/h6-20,22-23,27H,21H2,1-5H3/t27-/m0/s1. The summed E-state index contributed by atoms with van der Waals surface area (Å²) in [5, 5.41) is 2.56. The van der Waals surface area contributed by atoms with Crippen molar-refractivity contribution in [2.24, 2.45) is 10.9 Å². The largest absolute Gasteiger partial charge is 0.399 e. The molecule has 3 heteroatoms. The van der Waals surface area contributed by atoms with Gasteiger partial charge < -0.3 is 4.43 Å². The summed E-state index contributed by atoms with van der Waals surface area (Å²) in [6.07, 6.45) is 1.98. The molecule has 0 aromatic heterocycles. The summed E-state index contributed by atoms with van der Waals surface area (Å²) in [6.45, 7) is 12.1. The number of rotatable bonds is 8. The minimum Gasteiger partial charge on any atom is -0.399 e. The van der Waals surface area contributed by atoms with E-state index < -0.39 is 8.32 Å². The third kappa shape index (κ3) is 5.41. The fourth-order valence-corrected chi connectivity index (χ4v) is 8.84. The van der Waals surface area contributed by atoms with Gasteiger partial charge in [-0.05, 0) is 26.9 Å². The second-order valence-corrected chi connectivity index (χ2v) is 13.7. The van der Waals surface area contributed by atoms with Crippen molar-refractivity contribution < 1.29 is 4.43 Å². The molecule has 0 bridgehead atoms. The molecule has 0 saturated carbocycles. The third-order valence-corrected chi connectivity index (χ3v) is 10.8. The maximum absolute atomic E-state index is 7.26. The summed E-state index contributed by atoms with van der Waals surface area (Å²) in [4.78, 5) is 4.79. The van der Waals surface area contributed by atoms with E-state index in [0.717, 1.165) is 0 Å². The Hall–Kier alpha value is -2.49. The highest BCUT2D eigenvalue weighted by Crippen LogP contribution is 2.38. The Balaban J connectivity index is 2.03. The molecule has 0 saturated heterocycles. The van der Waals surface area contributed by atoms with Gasteiger partial charge in [-0.25, -0.2) is 0 Å². The van der Waals surface area contributed by atoms with Crippen LogP contribution in [-0.2, 0) is 11.0 Å². The molecule has 31 heavy (non-hydrogen) atoms. The first kappa shape index (κ1) is 23.2. The summed E-state index contributed by atoms with van der Waals surface area (Å²) in [7, 11) is -2.60. The van der Waals surface area contributed by atoms with Crippen molar-refractivity contribution in [1.29, 1.82) is 0 Å². The molecule has 1 atom stereocenters. The number of aliphatic imine (C=N–C) groups is 1. The molecule has 0 N–H and O–H groups in total. The Morgan fingerprint density at radius 2 is 1.23 bits per heavy atom. The lowest BCUT2D eigenvalue weighted by atomic mass is 10.1. The third-order valence-electron chi connectivity index (χ3n) is 5.76. The van der Waals surface area contributed by atoms with Gasteiger partial charge in [-0.1, -0.05) is 126 Å². The zero-order valence-electron chi connectivity index (χ0n) is 19.5. The van der Waals surface area contributed by atoms with Crippen molar-refractivity contribution in [3.8, 4) is 0 Å². The first-order chi connectivity index (χ1) is 14.8. The fraction of sp³-hybridized carbons (Fsp3) is 0.321. The van der Waals surface area contributed by atoms with Gasteiger partial charge in [-0.3, -0.25) is 4.99 Å². The van der Waals surface area contributed by atoms with Gasteiger partial charge in [0.25, 0.3) is 8.32 Å². The highest BCUT2D eigenvalue weighted by atomic mass is 28.4. The summed E-state index contributed by atoms with van der Waals surface area (Å²) < 4.78 is 7.26. The molecule has 0 heterocycles. The van der Waals surface area contributed by atoms with Gasteiger partial charge in [0.05, 0.1) is 12.6 Å². The Morgan fingerprint density at radius 3 is 1.65 bits per heavy atom. The van der Waals surface area contributed by atoms with Gasteiger partial charge in [0.15, 0.2) is 0 Å². The van der Waals surface area contributed by atoms with Crippen LogP contribution in [0.25, 0.3) is 0 Å². The van der Waals surface area contributed by atoms with Crippen LogP contribution in [0.5, 0.6) is 0 Å². The monoisotopic (exact) mass is 429 g/mol. The zero-order valence-corrected chi connectivity index (χ0v) is 20.5. The van der Waals surface area contributed by atoms with E-state index in [1.807, 2.05) is 12.3 Å². The van der Waals surface area contributed by atoms with Gasteiger partial charge in [0, 0.05) is 6.21 Å². The van der Waals surface area contributed by atoms with E-state index >= 15 is 0 Å². The maximum atomic E-state index is 7.26. The molecule has 0 aliphatic carbocycles. The number of nitrogens with zero attached hydrogens (tertiary/aromatic N) is 1. The lowest BCUT2D eigenvalue weighted by Gasteiger charge is -2.45. The molecular formula is C28H35NOSi. The van der Waals surface area contributed by atoms with Crippen molar-refractivity contribution in [2.75, 3.05) is 0 Å². The van der Waals surface area contributed by atoms with Crippen LogP contribution in [0.2, 0.25) is 5.04 Å². The minimum atomic E-state index is -2.60. The topological polar surface area (TPSA) is 21.6 Å². The van der Waals surface area contributed by atoms with Crippen LogP contribution in [0.1, 0.15) is 40.2 Å². The molecule has 162 valence electrons. The van der Waals surface area contributed by atoms with E-state index in [2.05, 4.69) is 120 Å². The first-order valence-corrected chi connectivity index (χ1v) is 13.1. The molecule has 0 unspecified atom stereocenters.